The molecule has 14 heavy (non-hydrogen) atoms. The number of thioether (sulfide) groups is 1. The van der Waals surface area contributed by atoms with E-state index in [1.165, 1.54) is 17.8 Å². The van der Waals surface area contributed by atoms with Crippen LogP contribution in [0.5, 0.6) is 0 Å². The van der Waals surface area contributed by atoms with Crippen LogP contribution in [-0.2, 0) is 4.79 Å². The molecule has 0 aliphatic carbocycles. The number of benzene rings is 1. The van der Waals surface area contributed by atoms with Crippen molar-refractivity contribution in [2.24, 2.45) is 0 Å². The first-order valence-corrected chi connectivity index (χ1v) is 5.86. The van der Waals surface area contributed by atoms with Crippen molar-refractivity contribution in [1.82, 2.24) is 0 Å². The van der Waals surface area contributed by atoms with Crippen LogP contribution in [0.15, 0.2) is 21.5 Å². The third-order valence-corrected chi connectivity index (χ3v) is 3.55. The summed E-state index contributed by atoms with van der Waals surface area (Å²) in [5, 5.41) is 2.73. The molecule has 5 heteroatoms. The number of halogens is 2. The molecule has 0 radical (unpaired) electrons. The molecule has 1 aliphatic heterocycles. The highest BCUT2D eigenvalue weighted by atomic mass is 79.9. The Morgan fingerprint density at radius 2 is 2.29 bits per heavy atom. The molecule has 1 aliphatic rings. The predicted molar refractivity (Wildman–Crippen MR) is 58.1 cm³/mol. The van der Waals surface area contributed by atoms with Crippen LogP contribution < -0.4 is 5.32 Å². The number of fused-ring (bicyclic) bond motifs is 1. The number of carbonyl (C=O) groups is 1. The lowest BCUT2D eigenvalue weighted by Gasteiger charge is -2.06. The Bertz CT molecular complexity index is 397. The second-order valence-electron chi connectivity index (χ2n) is 2.91. The van der Waals surface area contributed by atoms with Gasteiger partial charge >= 0.3 is 0 Å². The second-order valence-corrected chi connectivity index (χ2v) is 4.90. The minimum absolute atomic E-state index is 0.0187. The van der Waals surface area contributed by atoms with Crippen LogP contribution >= 0.6 is 27.7 Å². The molecule has 1 aromatic rings. The van der Waals surface area contributed by atoms with Gasteiger partial charge in [-0.25, -0.2) is 4.39 Å². The van der Waals surface area contributed by atoms with Crippen molar-refractivity contribution < 1.29 is 9.18 Å². The van der Waals surface area contributed by atoms with Crippen LogP contribution in [0.1, 0.15) is 6.42 Å². The van der Waals surface area contributed by atoms with Crippen molar-refractivity contribution in [3.63, 3.8) is 0 Å². The normalized spacial score (nSPS) is 15.7. The Labute approximate surface area is 93.4 Å². The van der Waals surface area contributed by atoms with Gasteiger partial charge in [0.25, 0.3) is 0 Å². The third kappa shape index (κ3) is 1.93. The molecule has 0 unspecified atom stereocenters. The van der Waals surface area contributed by atoms with Crippen molar-refractivity contribution in [3.05, 3.63) is 22.4 Å². The highest BCUT2D eigenvalue weighted by Gasteiger charge is 2.15. The maximum Gasteiger partial charge on any atom is 0.225 e. The van der Waals surface area contributed by atoms with Crippen LogP contribution in [0.3, 0.4) is 0 Å². The van der Waals surface area contributed by atoms with E-state index >= 15 is 0 Å². The molecule has 0 spiro atoms. The zero-order valence-electron chi connectivity index (χ0n) is 7.14. The number of amides is 1. The van der Waals surface area contributed by atoms with E-state index in [0.29, 0.717) is 22.3 Å². The van der Waals surface area contributed by atoms with Gasteiger partial charge in [0.05, 0.1) is 10.2 Å². The number of hydrogen-bond acceptors (Lipinski definition) is 2. The van der Waals surface area contributed by atoms with Gasteiger partial charge in [-0.05, 0) is 28.1 Å². The van der Waals surface area contributed by atoms with E-state index in [9.17, 15) is 9.18 Å². The zero-order valence-corrected chi connectivity index (χ0v) is 9.54. The maximum atomic E-state index is 13.2. The topological polar surface area (TPSA) is 29.1 Å². The lowest BCUT2D eigenvalue weighted by atomic mass is 10.3. The van der Waals surface area contributed by atoms with E-state index in [0.717, 1.165) is 4.90 Å². The van der Waals surface area contributed by atoms with Gasteiger partial charge in [0.2, 0.25) is 5.91 Å². The summed E-state index contributed by atoms with van der Waals surface area (Å²) in [6, 6.07) is 3.04. The minimum atomic E-state index is -0.299. The smallest absolute Gasteiger partial charge is 0.225 e. The monoisotopic (exact) mass is 275 g/mol. The summed E-state index contributed by atoms with van der Waals surface area (Å²) >= 11 is 4.58. The summed E-state index contributed by atoms with van der Waals surface area (Å²) in [4.78, 5) is 12.0. The number of carbonyl (C=O) groups excluding carboxylic acids is 1. The van der Waals surface area contributed by atoms with E-state index < -0.39 is 0 Å². The quantitative estimate of drug-likeness (QED) is 0.789. The molecule has 1 heterocycles. The summed E-state index contributed by atoms with van der Waals surface area (Å²) < 4.78 is 13.5. The molecule has 0 saturated heterocycles. The van der Waals surface area contributed by atoms with Gasteiger partial charge in [0.15, 0.2) is 0 Å². The lowest BCUT2D eigenvalue weighted by molar-refractivity contribution is -0.115. The Morgan fingerprint density at radius 1 is 1.50 bits per heavy atom. The zero-order chi connectivity index (χ0) is 10.1. The van der Waals surface area contributed by atoms with Crippen molar-refractivity contribution in [2.75, 3.05) is 11.1 Å². The molecular formula is C9H7BrFNOS. The molecule has 0 bridgehead atoms. The van der Waals surface area contributed by atoms with Gasteiger partial charge < -0.3 is 5.32 Å². The Hall–Kier alpha value is -0.550. The first kappa shape index (κ1) is 9.98. The Morgan fingerprint density at radius 3 is 3.07 bits per heavy atom. The van der Waals surface area contributed by atoms with Gasteiger partial charge in [0, 0.05) is 17.1 Å². The highest BCUT2D eigenvalue weighted by Crippen LogP contribution is 2.34. The van der Waals surface area contributed by atoms with Crippen LogP contribution in [0.4, 0.5) is 10.1 Å². The van der Waals surface area contributed by atoms with Gasteiger partial charge in [-0.1, -0.05) is 0 Å². The fourth-order valence-corrected chi connectivity index (χ4v) is 2.52. The highest BCUT2D eigenvalue weighted by molar-refractivity contribution is 9.10. The van der Waals surface area contributed by atoms with E-state index in [1.54, 1.807) is 6.07 Å². The van der Waals surface area contributed by atoms with Gasteiger partial charge in [0.1, 0.15) is 5.82 Å². The van der Waals surface area contributed by atoms with Gasteiger partial charge in [-0.3, -0.25) is 4.79 Å². The van der Waals surface area contributed by atoms with Gasteiger partial charge in [-0.15, -0.1) is 11.8 Å². The summed E-state index contributed by atoms with van der Waals surface area (Å²) in [6.07, 6.45) is 0.471. The number of rotatable bonds is 0. The standard InChI is InChI=1S/C9H7BrFNOS/c10-5-3-7-8(4-6(5)11)14-2-1-9(13)12-7/h3-4H,1-2H2,(H,12,13). The molecular weight excluding hydrogens is 269 g/mol. The summed E-state index contributed by atoms with van der Waals surface area (Å²) in [7, 11) is 0. The number of nitrogens with one attached hydrogen (secondary N) is 1. The summed E-state index contributed by atoms with van der Waals surface area (Å²) in [5.74, 6) is 0.377. The Kier molecular flexibility index (Phi) is 2.78. The number of anilines is 1. The molecule has 0 atom stereocenters. The van der Waals surface area contributed by atoms with Crippen LogP contribution in [0.25, 0.3) is 0 Å². The average Bonchev–Trinajstić information content (AvgIpc) is 2.28. The van der Waals surface area contributed by atoms with E-state index in [1.807, 2.05) is 0 Å². The van der Waals surface area contributed by atoms with Gasteiger partial charge in [-0.2, -0.15) is 0 Å². The lowest BCUT2D eigenvalue weighted by Crippen LogP contribution is -2.10. The summed E-state index contributed by atoms with van der Waals surface area (Å²) in [5.41, 5.74) is 0.686. The molecule has 2 nitrogen and oxygen atoms in total. The molecule has 2 rings (SSSR count). The van der Waals surface area contributed by atoms with Crippen molar-refractivity contribution in [2.45, 2.75) is 11.3 Å². The average molecular weight is 276 g/mol. The van der Waals surface area contributed by atoms with Crippen molar-refractivity contribution >= 4 is 39.3 Å². The second kappa shape index (κ2) is 3.90. The number of hydrogen-bond donors (Lipinski definition) is 1. The first-order chi connectivity index (χ1) is 6.66. The molecule has 0 aromatic heterocycles. The predicted octanol–water partition coefficient (Wildman–Crippen LogP) is 3.02. The summed E-state index contributed by atoms with van der Waals surface area (Å²) in [6.45, 7) is 0. The molecule has 1 N–H and O–H groups in total. The van der Waals surface area contributed by atoms with Crippen LogP contribution in [0, 0.1) is 5.82 Å². The largest absolute Gasteiger partial charge is 0.325 e. The SMILES string of the molecule is O=C1CCSc2cc(F)c(Br)cc2N1. The Balaban J connectivity index is 2.46. The molecule has 1 amide bonds. The fraction of sp³-hybridized carbons (Fsp3) is 0.222. The van der Waals surface area contributed by atoms with E-state index in [2.05, 4.69) is 21.2 Å². The van der Waals surface area contributed by atoms with Crippen molar-refractivity contribution in [1.29, 1.82) is 0 Å². The van der Waals surface area contributed by atoms with Crippen LogP contribution in [-0.4, -0.2) is 11.7 Å². The molecule has 1 aromatic carbocycles. The fourth-order valence-electron chi connectivity index (χ4n) is 1.21. The maximum absolute atomic E-state index is 13.2. The molecule has 0 fully saturated rings. The minimum Gasteiger partial charge on any atom is -0.325 e. The van der Waals surface area contributed by atoms with Crippen LogP contribution in [0.2, 0.25) is 0 Å². The molecule has 0 saturated carbocycles. The van der Waals surface area contributed by atoms with E-state index in [-0.39, 0.29) is 11.7 Å². The first-order valence-electron chi connectivity index (χ1n) is 4.08. The van der Waals surface area contributed by atoms with Crippen molar-refractivity contribution in [3.8, 4) is 0 Å². The third-order valence-electron chi connectivity index (χ3n) is 1.88. The molecule has 74 valence electrons. The van der Waals surface area contributed by atoms with E-state index in [4.69, 9.17) is 0 Å².